The molecule has 0 aliphatic carbocycles. The van der Waals surface area contributed by atoms with Crippen molar-refractivity contribution in [2.75, 3.05) is 26.9 Å². The lowest BCUT2D eigenvalue weighted by molar-refractivity contribution is 0.112. The predicted octanol–water partition coefficient (Wildman–Crippen LogP) is 6.24. The van der Waals surface area contributed by atoms with Crippen LogP contribution in [0.5, 0.6) is 5.75 Å². The number of nitrogens with zero attached hydrogens (tertiary/aromatic N) is 1. The van der Waals surface area contributed by atoms with Gasteiger partial charge in [-0.15, -0.1) is 0 Å². The van der Waals surface area contributed by atoms with Crippen molar-refractivity contribution in [2.24, 2.45) is 0 Å². The second kappa shape index (κ2) is 11.3. The van der Waals surface area contributed by atoms with E-state index in [1.807, 2.05) is 0 Å². The molecule has 3 aromatic rings. The number of fused-ring (bicyclic) bond motifs is 1. The van der Waals surface area contributed by atoms with E-state index in [0.717, 1.165) is 38.3 Å². The lowest BCUT2D eigenvalue weighted by atomic mass is 10.1. The molecule has 1 aliphatic heterocycles. The number of hydrogen-bond acceptors (Lipinski definition) is 3. The summed E-state index contributed by atoms with van der Waals surface area (Å²) in [6.45, 7) is 3.80. The van der Waals surface area contributed by atoms with E-state index in [2.05, 4.69) is 71.6 Å². The number of hydrogen-bond donors (Lipinski definition) is 0. The summed E-state index contributed by atoms with van der Waals surface area (Å²) in [5.74, 6) is 0.975. The van der Waals surface area contributed by atoms with Gasteiger partial charge in [0.15, 0.2) is 0 Å². The molecule has 1 saturated heterocycles. The van der Waals surface area contributed by atoms with Crippen LogP contribution in [0.15, 0.2) is 66.7 Å². The van der Waals surface area contributed by atoms with Crippen molar-refractivity contribution < 1.29 is 9.47 Å². The van der Waals surface area contributed by atoms with Crippen molar-refractivity contribution >= 4 is 10.8 Å². The van der Waals surface area contributed by atoms with Gasteiger partial charge in [-0.05, 0) is 85.2 Å². The average molecular weight is 418 g/mol. The Balaban J connectivity index is 1.24. The summed E-state index contributed by atoms with van der Waals surface area (Å²) in [5.41, 5.74) is 2.80. The molecule has 31 heavy (non-hydrogen) atoms. The second-order valence-corrected chi connectivity index (χ2v) is 8.71. The van der Waals surface area contributed by atoms with Gasteiger partial charge < -0.3 is 9.47 Å². The summed E-state index contributed by atoms with van der Waals surface area (Å²) in [6, 6.07) is 24.6. The number of likely N-dealkylation sites (tertiary alicyclic amines) is 1. The van der Waals surface area contributed by atoms with Gasteiger partial charge in [-0.1, -0.05) is 48.5 Å². The highest BCUT2D eigenvalue weighted by Gasteiger charge is 2.24. The predicted molar refractivity (Wildman–Crippen MR) is 129 cm³/mol. The zero-order valence-corrected chi connectivity index (χ0v) is 18.8. The van der Waals surface area contributed by atoms with Gasteiger partial charge in [-0.25, -0.2) is 0 Å². The Morgan fingerprint density at radius 3 is 2.58 bits per heavy atom. The first kappa shape index (κ1) is 21.9. The smallest absolute Gasteiger partial charge is 0.119 e. The van der Waals surface area contributed by atoms with Crippen molar-refractivity contribution in [3.8, 4) is 5.75 Å². The summed E-state index contributed by atoms with van der Waals surface area (Å²) in [4.78, 5) is 2.56. The normalized spacial score (nSPS) is 16.7. The molecule has 0 bridgehead atoms. The maximum absolute atomic E-state index is 6.02. The number of aryl methyl sites for hydroxylation is 1. The van der Waals surface area contributed by atoms with E-state index in [1.165, 1.54) is 54.1 Å². The Hall–Kier alpha value is -2.36. The molecule has 0 spiro atoms. The Morgan fingerprint density at radius 1 is 0.871 bits per heavy atom. The number of unbranched alkanes of at least 4 members (excludes halogenated alkanes) is 2. The van der Waals surface area contributed by atoms with Crippen molar-refractivity contribution in [1.82, 2.24) is 4.90 Å². The summed E-state index contributed by atoms with van der Waals surface area (Å²) >= 11 is 0. The van der Waals surface area contributed by atoms with E-state index in [1.54, 1.807) is 7.11 Å². The first-order valence-corrected chi connectivity index (χ1v) is 11.7. The molecule has 3 heteroatoms. The lowest BCUT2D eigenvalue weighted by Crippen LogP contribution is -2.32. The van der Waals surface area contributed by atoms with Crippen molar-refractivity contribution in [1.29, 1.82) is 0 Å². The lowest BCUT2D eigenvalue weighted by Gasteiger charge is -2.24. The molecule has 1 atom stereocenters. The van der Waals surface area contributed by atoms with Crippen LogP contribution >= 0.6 is 0 Å². The molecule has 3 aromatic carbocycles. The Morgan fingerprint density at radius 2 is 1.71 bits per heavy atom. The quantitative estimate of drug-likeness (QED) is 0.345. The molecule has 0 N–H and O–H groups in total. The topological polar surface area (TPSA) is 21.7 Å². The Kier molecular flexibility index (Phi) is 7.98. The van der Waals surface area contributed by atoms with Crippen LogP contribution in [0.4, 0.5) is 0 Å². The molecule has 1 heterocycles. The standard InChI is InChI=1S/C28H35NO2/c1-30-22-27-12-8-17-29(27)21-24-13-14-26-20-28(16-15-25(26)19-24)31-18-7-3-6-11-23-9-4-2-5-10-23/h2,4-5,9-10,13-16,19-20,27H,3,6-8,11-12,17-18,21-22H2,1H3/t27-/m0/s1. The van der Waals surface area contributed by atoms with Gasteiger partial charge in [0.1, 0.15) is 5.75 Å². The minimum atomic E-state index is 0.559. The monoisotopic (exact) mass is 417 g/mol. The molecule has 164 valence electrons. The van der Waals surface area contributed by atoms with Gasteiger partial charge in [-0.2, -0.15) is 0 Å². The second-order valence-electron chi connectivity index (χ2n) is 8.71. The van der Waals surface area contributed by atoms with Gasteiger partial charge in [0.25, 0.3) is 0 Å². The SMILES string of the molecule is COC[C@@H]1CCCN1Cc1ccc2cc(OCCCCCc3ccccc3)ccc2c1. The fraction of sp³-hybridized carbons (Fsp3) is 0.429. The maximum Gasteiger partial charge on any atom is 0.119 e. The van der Waals surface area contributed by atoms with E-state index < -0.39 is 0 Å². The van der Waals surface area contributed by atoms with Gasteiger partial charge in [0, 0.05) is 19.7 Å². The summed E-state index contributed by atoms with van der Waals surface area (Å²) < 4.78 is 11.4. The summed E-state index contributed by atoms with van der Waals surface area (Å²) in [6.07, 6.45) is 7.19. The molecule has 0 amide bonds. The van der Waals surface area contributed by atoms with E-state index in [4.69, 9.17) is 9.47 Å². The average Bonchev–Trinajstić information content (AvgIpc) is 3.23. The van der Waals surface area contributed by atoms with Gasteiger partial charge in [0.05, 0.1) is 13.2 Å². The van der Waals surface area contributed by atoms with E-state index in [0.29, 0.717) is 6.04 Å². The fourth-order valence-corrected chi connectivity index (χ4v) is 4.62. The van der Waals surface area contributed by atoms with Crippen molar-refractivity contribution in [3.63, 3.8) is 0 Å². The van der Waals surface area contributed by atoms with Crippen LogP contribution in [-0.4, -0.2) is 37.8 Å². The molecule has 3 nitrogen and oxygen atoms in total. The molecular formula is C28H35NO2. The zero-order chi connectivity index (χ0) is 21.3. The van der Waals surface area contributed by atoms with Crippen LogP contribution in [0.3, 0.4) is 0 Å². The summed E-state index contributed by atoms with van der Waals surface area (Å²) in [7, 11) is 1.80. The van der Waals surface area contributed by atoms with Crippen molar-refractivity contribution in [2.45, 2.75) is 51.1 Å². The van der Waals surface area contributed by atoms with Crippen LogP contribution in [0, 0.1) is 0 Å². The molecule has 4 rings (SSSR count). The third-order valence-corrected chi connectivity index (χ3v) is 6.34. The number of rotatable bonds is 11. The zero-order valence-electron chi connectivity index (χ0n) is 18.8. The third kappa shape index (κ3) is 6.32. The van der Waals surface area contributed by atoms with Crippen LogP contribution in [0.2, 0.25) is 0 Å². The van der Waals surface area contributed by atoms with Gasteiger partial charge in [-0.3, -0.25) is 4.90 Å². The first-order chi connectivity index (χ1) is 15.3. The molecule has 1 fully saturated rings. The van der Waals surface area contributed by atoms with Crippen LogP contribution in [-0.2, 0) is 17.7 Å². The largest absolute Gasteiger partial charge is 0.494 e. The minimum absolute atomic E-state index is 0.559. The molecule has 1 aliphatic rings. The number of methoxy groups -OCH3 is 1. The molecular weight excluding hydrogens is 382 g/mol. The highest BCUT2D eigenvalue weighted by Crippen LogP contribution is 2.25. The highest BCUT2D eigenvalue weighted by molar-refractivity contribution is 5.84. The van der Waals surface area contributed by atoms with E-state index in [9.17, 15) is 0 Å². The van der Waals surface area contributed by atoms with Crippen LogP contribution in [0.1, 0.15) is 43.2 Å². The number of ether oxygens (including phenoxy) is 2. The minimum Gasteiger partial charge on any atom is -0.494 e. The van der Waals surface area contributed by atoms with E-state index >= 15 is 0 Å². The van der Waals surface area contributed by atoms with Gasteiger partial charge >= 0.3 is 0 Å². The van der Waals surface area contributed by atoms with Crippen LogP contribution in [0.25, 0.3) is 10.8 Å². The molecule has 0 radical (unpaired) electrons. The third-order valence-electron chi connectivity index (χ3n) is 6.34. The molecule has 0 aromatic heterocycles. The maximum atomic E-state index is 6.02. The molecule has 0 saturated carbocycles. The summed E-state index contributed by atoms with van der Waals surface area (Å²) in [5, 5.41) is 2.54. The number of benzene rings is 3. The van der Waals surface area contributed by atoms with Gasteiger partial charge in [0.2, 0.25) is 0 Å². The first-order valence-electron chi connectivity index (χ1n) is 11.7. The van der Waals surface area contributed by atoms with Crippen molar-refractivity contribution in [3.05, 3.63) is 77.9 Å². The molecule has 0 unspecified atom stereocenters. The Labute approximate surface area is 187 Å². The Bertz CT molecular complexity index is 940. The van der Waals surface area contributed by atoms with Crippen LogP contribution < -0.4 is 4.74 Å². The fourth-order valence-electron chi connectivity index (χ4n) is 4.62. The highest BCUT2D eigenvalue weighted by atomic mass is 16.5. The van der Waals surface area contributed by atoms with E-state index in [-0.39, 0.29) is 0 Å².